The Hall–Kier alpha value is -1.46. The fourth-order valence-corrected chi connectivity index (χ4v) is 6.28. The highest BCUT2D eigenvalue weighted by Gasteiger charge is 2.22. The van der Waals surface area contributed by atoms with Crippen molar-refractivity contribution in [3.05, 3.63) is 45.4 Å². The summed E-state index contributed by atoms with van der Waals surface area (Å²) >= 11 is 15.1. The number of aryl methyl sites for hydroxylation is 2. The predicted molar refractivity (Wildman–Crippen MR) is 105 cm³/mol. The second kappa shape index (κ2) is 5.53. The highest BCUT2D eigenvalue weighted by molar-refractivity contribution is 7.29. The van der Waals surface area contributed by atoms with Gasteiger partial charge in [-0.15, -0.1) is 22.7 Å². The minimum Gasteiger partial charge on any atom is -0.506 e. The van der Waals surface area contributed by atoms with E-state index in [9.17, 15) is 10.2 Å². The minimum atomic E-state index is 0.190. The Morgan fingerprint density at radius 2 is 1.08 bits per heavy atom. The van der Waals surface area contributed by atoms with E-state index in [1.807, 2.05) is 38.1 Å². The molecule has 2 heterocycles. The molecule has 0 aliphatic rings. The van der Waals surface area contributed by atoms with Crippen molar-refractivity contribution in [2.24, 2.45) is 0 Å². The van der Waals surface area contributed by atoms with Gasteiger partial charge in [-0.25, -0.2) is 0 Å². The molecule has 0 radical (unpaired) electrons. The zero-order valence-electron chi connectivity index (χ0n) is 12.8. The Balaban J connectivity index is 2.07. The molecule has 0 atom stereocenters. The number of benzene rings is 2. The van der Waals surface area contributed by atoms with Crippen molar-refractivity contribution >= 4 is 66.0 Å². The summed E-state index contributed by atoms with van der Waals surface area (Å²) in [6.45, 7) is 3.83. The molecule has 2 N–H and O–H groups in total. The smallest absolute Gasteiger partial charge is 0.143 e. The van der Waals surface area contributed by atoms with Crippen molar-refractivity contribution < 1.29 is 10.2 Å². The minimum absolute atomic E-state index is 0.190. The summed E-state index contributed by atoms with van der Waals surface area (Å²) in [7, 11) is 0. The Morgan fingerprint density at radius 1 is 0.708 bits per heavy atom. The lowest BCUT2D eigenvalue weighted by Crippen LogP contribution is -1.75. The molecule has 2 aromatic heterocycles. The van der Waals surface area contributed by atoms with Crippen molar-refractivity contribution in [1.29, 1.82) is 0 Å². The maximum absolute atomic E-state index is 10.7. The third-order valence-electron chi connectivity index (χ3n) is 4.06. The fourth-order valence-electron chi connectivity index (χ4n) is 3.04. The number of fused-ring (bicyclic) bond motifs is 2. The second-order valence-corrected chi connectivity index (χ2v) is 8.73. The van der Waals surface area contributed by atoms with Crippen LogP contribution in [0.15, 0.2) is 24.3 Å². The van der Waals surface area contributed by atoms with Gasteiger partial charge in [0.1, 0.15) is 11.5 Å². The number of aromatic hydroxyl groups is 2. The Morgan fingerprint density at radius 3 is 1.46 bits per heavy atom. The predicted octanol–water partition coefficient (Wildman–Crippen LogP) is 7.12. The van der Waals surface area contributed by atoms with Gasteiger partial charge in [0, 0.05) is 30.2 Å². The van der Waals surface area contributed by atoms with Gasteiger partial charge in [0.15, 0.2) is 0 Å². The van der Waals surface area contributed by atoms with E-state index in [0.717, 1.165) is 31.3 Å². The quantitative estimate of drug-likeness (QED) is 0.360. The normalized spacial score (nSPS) is 11.7. The number of thiophene rings is 2. The average molecular weight is 395 g/mol. The van der Waals surface area contributed by atoms with Gasteiger partial charge in [0.05, 0.1) is 9.75 Å². The van der Waals surface area contributed by atoms with Crippen molar-refractivity contribution in [2.75, 3.05) is 0 Å². The summed E-state index contributed by atoms with van der Waals surface area (Å²) in [5.74, 6) is 0.379. The van der Waals surface area contributed by atoms with Crippen LogP contribution in [0.5, 0.6) is 11.5 Å². The molecule has 0 fully saturated rings. The first-order valence-electron chi connectivity index (χ1n) is 7.20. The van der Waals surface area contributed by atoms with Gasteiger partial charge in [-0.3, -0.25) is 0 Å². The Kier molecular flexibility index (Phi) is 3.69. The van der Waals surface area contributed by atoms with Crippen LogP contribution in [-0.2, 0) is 0 Å². The SMILES string of the molecule is Cc1cc(Cl)cc2sc(-c3sc4cc(Cl)cc(C)c4c3O)c(O)c12. The van der Waals surface area contributed by atoms with E-state index >= 15 is 0 Å². The molecule has 0 aliphatic carbocycles. The van der Waals surface area contributed by atoms with Crippen LogP contribution in [0.25, 0.3) is 29.9 Å². The standard InChI is InChI=1S/C18H12Cl2O2S2/c1-7-3-9(19)5-11-13(7)15(21)17(23-11)18-16(22)14-8(2)4-10(20)6-12(14)24-18/h3-6,21-22H,1-2H3. The Bertz CT molecular complexity index is 1040. The van der Waals surface area contributed by atoms with E-state index in [1.165, 1.54) is 22.7 Å². The first-order valence-corrected chi connectivity index (χ1v) is 9.59. The molecule has 24 heavy (non-hydrogen) atoms. The maximum atomic E-state index is 10.7. The molecular formula is C18H12Cl2O2S2. The highest BCUT2D eigenvalue weighted by atomic mass is 35.5. The zero-order valence-corrected chi connectivity index (χ0v) is 15.9. The second-order valence-electron chi connectivity index (χ2n) is 5.75. The Labute approximate surface area is 156 Å². The number of halogens is 2. The maximum Gasteiger partial charge on any atom is 0.143 e. The van der Waals surface area contributed by atoms with Crippen LogP contribution in [0.3, 0.4) is 0 Å². The van der Waals surface area contributed by atoms with Crippen LogP contribution in [0.2, 0.25) is 10.0 Å². The number of rotatable bonds is 1. The van der Waals surface area contributed by atoms with Gasteiger partial charge < -0.3 is 10.2 Å². The summed E-state index contributed by atoms with van der Waals surface area (Å²) in [6.07, 6.45) is 0. The lowest BCUT2D eigenvalue weighted by Gasteiger charge is -2.00. The van der Waals surface area contributed by atoms with Crippen molar-refractivity contribution in [3.63, 3.8) is 0 Å². The van der Waals surface area contributed by atoms with Crippen LogP contribution >= 0.6 is 45.9 Å². The molecule has 4 aromatic rings. The van der Waals surface area contributed by atoms with E-state index < -0.39 is 0 Å². The van der Waals surface area contributed by atoms with Crippen molar-refractivity contribution in [3.8, 4) is 21.3 Å². The molecule has 2 aromatic carbocycles. The summed E-state index contributed by atoms with van der Waals surface area (Å²) in [5, 5.41) is 24.3. The van der Waals surface area contributed by atoms with E-state index in [0.29, 0.717) is 19.8 Å². The first kappa shape index (κ1) is 16.0. The monoisotopic (exact) mass is 394 g/mol. The molecule has 0 saturated heterocycles. The molecular weight excluding hydrogens is 383 g/mol. The van der Waals surface area contributed by atoms with Gasteiger partial charge in [-0.05, 0) is 49.2 Å². The summed E-state index contributed by atoms with van der Waals surface area (Å²) < 4.78 is 1.80. The lowest BCUT2D eigenvalue weighted by atomic mass is 10.1. The molecule has 0 bridgehead atoms. The molecule has 0 amide bonds. The van der Waals surface area contributed by atoms with Crippen molar-refractivity contribution in [1.82, 2.24) is 0 Å². The highest BCUT2D eigenvalue weighted by Crippen LogP contribution is 2.53. The van der Waals surface area contributed by atoms with Gasteiger partial charge in [-0.2, -0.15) is 0 Å². The van der Waals surface area contributed by atoms with E-state index in [-0.39, 0.29) is 11.5 Å². The number of hydrogen-bond donors (Lipinski definition) is 2. The largest absolute Gasteiger partial charge is 0.506 e. The average Bonchev–Trinajstić information content (AvgIpc) is 2.96. The third kappa shape index (κ3) is 2.29. The van der Waals surface area contributed by atoms with Crippen LogP contribution in [0.4, 0.5) is 0 Å². The van der Waals surface area contributed by atoms with Crippen LogP contribution in [0.1, 0.15) is 11.1 Å². The van der Waals surface area contributed by atoms with E-state index in [1.54, 1.807) is 0 Å². The van der Waals surface area contributed by atoms with Crippen LogP contribution in [0, 0.1) is 13.8 Å². The molecule has 2 nitrogen and oxygen atoms in total. The summed E-state index contributed by atoms with van der Waals surface area (Å²) in [6, 6.07) is 7.33. The molecule has 0 aliphatic heterocycles. The molecule has 0 spiro atoms. The molecule has 6 heteroatoms. The summed E-state index contributed by atoms with van der Waals surface area (Å²) in [5.41, 5.74) is 1.83. The molecule has 0 unspecified atom stereocenters. The summed E-state index contributed by atoms with van der Waals surface area (Å²) in [4.78, 5) is 1.31. The van der Waals surface area contributed by atoms with Gasteiger partial charge in [0.2, 0.25) is 0 Å². The fraction of sp³-hybridized carbons (Fsp3) is 0.111. The third-order valence-corrected chi connectivity index (χ3v) is 6.91. The zero-order chi connectivity index (χ0) is 17.2. The van der Waals surface area contributed by atoms with Crippen LogP contribution < -0.4 is 0 Å². The van der Waals surface area contributed by atoms with E-state index in [4.69, 9.17) is 23.2 Å². The molecule has 4 rings (SSSR count). The van der Waals surface area contributed by atoms with Crippen LogP contribution in [-0.4, -0.2) is 10.2 Å². The van der Waals surface area contributed by atoms with E-state index in [2.05, 4.69) is 0 Å². The van der Waals surface area contributed by atoms with Gasteiger partial charge in [-0.1, -0.05) is 23.2 Å². The molecule has 122 valence electrons. The van der Waals surface area contributed by atoms with Gasteiger partial charge in [0.25, 0.3) is 0 Å². The topological polar surface area (TPSA) is 40.5 Å². The van der Waals surface area contributed by atoms with Gasteiger partial charge >= 0.3 is 0 Å². The number of hydrogen-bond acceptors (Lipinski definition) is 4. The first-order chi connectivity index (χ1) is 11.4. The lowest BCUT2D eigenvalue weighted by molar-refractivity contribution is 0.478. The van der Waals surface area contributed by atoms with Crippen molar-refractivity contribution in [2.45, 2.75) is 13.8 Å². The molecule has 0 saturated carbocycles.